The number of carboxylic acids is 1. The van der Waals surface area contributed by atoms with Crippen molar-refractivity contribution in [2.24, 2.45) is 11.8 Å². The van der Waals surface area contributed by atoms with Crippen molar-refractivity contribution in [2.45, 2.75) is 43.7 Å². The van der Waals surface area contributed by atoms with Crippen LogP contribution in [0.4, 0.5) is 0 Å². The molecule has 0 spiro atoms. The van der Waals surface area contributed by atoms with E-state index in [4.69, 9.17) is 0 Å². The van der Waals surface area contributed by atoms with Crippen LogP contribution in [0.1, 0.15) is 20.3 Å². The third-order valence-corrected chi connectivity index (χ3v) is 7.33. The van der Waals surface area contributed by atoms with Crippen LogP contribution in [0.5, 0.6) is 0 Å². The van der Waals surface area contributed by atoms with Gasteiger partial charge in [-0.15, -0.1) is 11.8 Å². The second-order valence-electron chi connectivity index (χ2n) is 7.94. The van der Waals surface area contributed by atoms with Gasteiger partial charge in [0.25, 0.3) is 0 Å². The molecule has 0 aromatic rings. The summed E-state index contributed by atoms with van der Waals surface area (Å²) in [6, 6.07) is -0.517. The molecule has 3 aliphatic rings. The minimum absolute atomic E-state index is 0.0423. The third-order valence-electron chi connectivity index (χ3n) is 5.84. The summed E-state index contributed by atoms with van der Waals surface area (Å²) >= 11 is 1.47. The Morgan fingerprint density at radius 2 is 1.96 bits per heavy atom. The summed E-state index contributed by atoms with van der Waals surface area (Å²) in [5.41, 5.74) is 0.0458. The lowest BCUT2D eigenvalue weighted by molar-refractivity contribution is -0.163. The van der Waals surface area contributed by atoms with Gasteiger partial charge in [0.15, 0.2) is 0 Å². The maximum Gasteiger partial charge on any atom is 0.353 e. The number of rotatable bonds is 5. The van der Waals surface area contributed by atoms with Gasteiger partial charge in [0.2, 0.25) is 11.8 Å². The first-order chi connectivity index (χ1) is 12.6. The number of hydrogen-bond donors (Lipinski definition) is 2. The summed E-state index contributed by atoms with van der Waals surface area (Å²) in [4.78, 5) is 42.2. The number of likely N-dealkylation sites (N-methyl/N-ethyl adjacent to an activating group) is 2. The molecule has 0 aromatic heterocycles. The SMILES string of the molecule is C[C@H]1C(S[C@H]2C[C@@H](C(=O)N(C)C)N(C)C2)=C(C(=O)O)N2C(=O)[C@H]([C@@H](C)O)C12. The van der Waals surface area contributed by atoms with Crippen molar-refractivity contribution >= 4 is 29.5 Å². The molecule has 1 unspecified atom stereocenters. The van der Waals surface area contributed by atoms with Gasteiger partial charge < -0.3 is 20.0 Å². The largest absolute Gasteiger partial charge is 0.477 e. The quantitative estimate of drug-likeness (QED) is 0.632. The Bertz CT molecular complexity index is 707. The number of fused-ring (bicyclic) bond motifs is 1. The van der Waals surface area contributed by atoms with Crippen LogP contribution in [-0.4, -0.2) is 93.8 Å². The van der Waals surface area contributed by atoms with E-state index in [-0.39, 0.29) is 40.8 Å². The molecule has 3 rings (SSSR count). The highest BCUT2D eigenvalue weighted by molar-refractivity contribution is 8.03. The second-order valence-corrected chi connectivity index (χ2v) is 9.28. The lowest BCUT2D eigenvalue weighted by atomic mass is 9.79. The third kappa shape index (κ3) is 3.15. The van der Waals surface area contributed by atoms with Crippen molar-refractivity contribution in [3.05, 3.63) is 10.6 Å². The monoisotopic (exact) mass is 397 g/mol. The van der Waals surface area contributed by atoms with Crippen LogP contribution in [-0.2, 0) is 14.4 Å². The Balaban J connectivity index is 1.81. The highest BCUT2D eigenvalue weighted by Crippen LogP contribution is 2.52. The van der Waals surface area contributed by atoms with Crippen LogP contribution < -0.4 is 0 Å². The fraction of sp³-hybridized carbons (Fsp3) is 0.722. The van der Waals surface area contributed by atoms with Crippen LogP contribution in [0.25, 0.3) is 0 Å². The van der Waals surface area contributed by atoms with Gasteiger partial charge in [-0.2, -0.15) is 0 Å². The molecule has 8 nitrogen and oxygen atoms in total. The first-order valence-electron chi connectivity index (χ1n) is 9.12. The lowest BCUT2D eigenvalue weighted by Gasteiger charge is -2.46. The lowest BCUT2D eigenvalue weighted by Crippen LogP contribution is -2.63. The molecule has 27 heavy (non-hydrogen) atoms. The minimum atomic E-state index is -1.11. The standard InChI is InChI=1S/C18H27N3O5S/c1-8-13-12(9(2)22)17(24)21(13)14(18(25)26)15(8)27-10-6-11(20(5)7-10)16(23)19(3)4/h8-13,22H,6-7H2,1-5H3,(H,25,26)/t8-,9-,10+,11+,12-,13?/m1/s1. The molecule has 2 amide bonds. The molecular weight excluding hydrogens is 370 g/mol. The highest BCUT2D eigenvalue weighted by Gasteiger charge is 2.60. The van der Waals surface area contributed by atoms with Crippen molar-refractivity contribution in [1.29, 1.82) is 0 Å². The van der Waals surface area contributed by atoms with Gasteiger partial charge >= 0.3 is 5.97 Å². The van der Waals surface area contributed by atoms with E-state index in [0.717, 1.165) is 0 Å². The van der Waals surface area contributed by atoms with Crippen LogP contribution >= 0.6 is 11.8 Å². The zero-order valence-corrected chi connectivity index (χ0v) is 17.1. The first-order valence-corrected chi connectivity index (χ1v) is 10.0. The van der Waals surface area contributed by atoms with E-state index >= 15 is 0 Å². The molecule has 0 radical (unpaired) electrons. The van der Waals surface area contributed by atoms with Crippen LogP contribution in [0.15, 0.2) is 10.6 Å². The van der Waals surface area contributed by atoms with Gasteiger partial charge in [-0.3, -0.25) is 14.5 Å². The number of β-lactam (4-membered cyclic amide) rings is 1. The highest BCUT2D eigenvalue weighted by atomic mass is 32.2. The molecule has 150 valence electrons. The number of amides is 2. The van der Waals surface area contributed by atoms with Crippen LogP contribution in [0.3, 0.4) is 0 Å². The van der Waals surface area contributed by atoms with E-state index in [2.05, 4.69) is 0 Å². The molecule has 0 saturated carbocycles. The number of carbonyl (C=O) groups excluding carboxylic acids is 2. The van der Waals surface area contributed by atoms with E-state index < -0.39 is 18.0 Å². The smallest absolute Gasteiger partial charge is 0.353 e. The number of aliphatic hydroxyl groups excluding tert-OH is 1. The number of aliphatic carboxylic acids is 1. The molecule has 0 bridgehead atoms. The number of thioether (sulfide) groups is 1. The average Bonchev–Trinajstić information content (AvgIpc) is 3.03. The number of carboxylic acid groups (broad SMARTS) is 1. The number of carbonyl (C=O) groups is 3. The van der Waals surface area contributed by atoms with E-state index in [9.17, 15) is 24.6 Å². The van der Waals surface area contributed by atoms with Crippen LogP contribution in [0.2, 0.25) is 0 Å². The average molecular weight is 397 g/mol. The maximum absolute atomic E-state index is 12.4. The first kappa shape index (κ1) is 20.2. The molecule has 2 N–H and O–H groups in total. The van der Waals surface area contributed by atoms with Gasteiger partial charge in [-0.1, -0.05) is 6.92 Å². The van der Waals surface area contributed by atoms with Crippen LogP contribution in [0, 0.1) is 11.8 Å². The van der Waals surface area contributed by atoms with Gasteiger partial charge in [-0.05, 0) is 20.4 Å². The summed E-state index contributed by atoms with van der Waals surface area (Å²) in [7, 11) is 5.36. The van der Waals surface area contributed by atoms with E-state index in [1.54, 1.807) is 25.9 Å². The summed E-state index contributed by atoms with van der Waals surface area (Å²) in [5.74, 6) is -2.09. The minimum Gasteiger partial charge on any atom is -0.477 e. The predicted molar refractivity (Wildman–Crippen MR) is 101 cm³/mol. The van der Waals surface area contributed by atoms with Gasteiger partial charge in [-0.25, -0.2) is 4.79 Å². The Morgan fingerprint density at radius 1 is 1.33 bits per heavy atom. The molecule has 9 heteroatoms. The van der Waals surface area contributed by atoms with Gasteiger partial charge in [0, 0.05) is 36.7 Å². The zero-order valence-electron chi connectivity index (χ0n) is 16.2. The van der Waals surface area contributed by atoms with Gasteiger partial charge in [0.1, 0.15) is 5.70 Å². The Hall–Kier alpha value is -1.58. The second kappa shape index (κ2) is 7.10. The zero-order chi connectivity index (χ0) is 20.2. The fourth-order valence-electron chi connectivity index (χ4n) is 4.48. The van der Waals surface area contributed by atoms with Crippen molar-refractivity contribution in [3.63, 3.8) is 0 Å². The fourth-order valence-corrected chi connectivity index (χ4v) is 6.08. The number of hydrogen-bond acceptors (Lipinski definition) is 6. The molecule has 3 aliphatic heterocycles. The van der Waals surface area contributed by atoms with Crippen molar-refractivity contribution in [2.75, 3.05) is 27.7 Å². The molecule has 3 heterocycles. The van der Waals surface area contributed by atoms with Crippen molar-refractivity contribution < 1.29 is 24.6 Å². The Morgan fingerprint density at radius 3 is 2.48 bits per heavy atom. The molecule has 2 saturated heterocycles. The Labute approximate surface area is 163 Å². The summed E-state index contributed by atoms with van der Waals surface area (Å²) in [6.07, 6.45) is -0.167. The van der Waals surface area contributed by atoms with E-state index in [0.29, 0.717) is 17.9 Å². The van der Waals surface area contributed by atoms with E-state index in [1.807, 2.05) is 18.9 Å². The molecule has 6 atom stereocenters. The number of likely N-dealkylation sites (tertiary alicyclic amines) is 1. The summed E-state index contributed by atoms with van der Waals surface area (Å²) in [6.45, 7) is 4.16. The normalized spacial score (nSPS) is 34.5. The van der Waals surface area contributed by atoms with Crippen molar-refractivity contribution in [1.82, 2.24) is 14.7 Å². The van der Waals surface area contributed by atoms with Crippen molar-refractivity contribution in [3.8, 4) is 0 Å². The molecule has 2 fully saturated rings. The number of nitrogens with zero attached hydrogens (tertiary/aromatic N) is 3. The summed E-state index contributed by atoms with van der Waals surface area (Å²) < 4.78 is 0. The van der Waals surface area contributed by atoms with E-state index in [1.165, 1.54) is 16.7 Å². The topological polar surface area (TPSA) is 101 Å². The Kier molecular flexibility index (Phi) is 5.31. The van der Waals surface area contributed by atoms with Gasteiger partial charge in [0.05, 0.1) is 24.1 Å². The maximum atomic E-state index is 12.4. The molecule has 0 aromatic carbocycles. The predicted octanol–water partition coefficient (Wildman–Crippen LogP) is 0.0342. The number of aliphatic hydroxyl groups is 1. The summed E-state index contributed by atoms with van der Waals surface area (Å²) in [5, 5.41) is 19.7. The molecular formula is C18H27N3O5S. The molecule has 0 aliphatic carbocycles.